The summed E-state index contributed by atoms with van der Waals surface area (Å²) in [5.74, 6) is 0.629. The molecule has 1 aliphatic rings. The molecule has 2 amide bonds. The summed E-state index contributed by atoms with van der Waals surface area (Å²) in [7, 11) is 1.58. The van der Waals surface area contributed by atoms with Crippen LogP contribution in [0.3, 0.4) is 0 Å². The van der Waals surface area contributed by atoms with Gasteiger partial charge < -0.3 is 10.1 Å². The average molecular weight is 505 g/mol. The minimum Gasteiger partial charge on any atom is -0.497 e. The Hall–Kier alpha value is -4.91. The van der Waals surface area contributed by atoms with Gasteiger partial charge in [-0.15, -0.1) is 0 Å². The molecule has 0 radical (unpaired) electrons. The van der Waals surface area contributed by atoms with Gasteiger partial charge in [-0.3, -0.25) is 14.5 Å². The molecule has 1 unspecified atom stereocenters. The zero-order valence-electron chi connectivity index (χ0n) is 21.0. The van der Waals surface area contributed by atoms with Crippen LogP contribution >= 0.6 is 0 Å². The van der Waals surface area contributed by atoms with Crippen molar-refractivity contribution in [2.45, 2.75) is 18.9 Å². The standard InChI is InChI=1S/C31H28N4O3/c1-38-27-19-17-24(18-20-27)32-30(36)22-31(37)35-28(23-11-5-2-6-12-23)21-29(33-35)34(25-13-7-3-8-14-25)26-15-9-4-10-16-26/h2-20,28H,21-22H2,1H3,(H,32,36). The molecule has 7 heteroatoms. The summed E-state index contributed by atoms with van der Waals surface area (Å²) in [5.41, 5.74) is 3.43. The summed E-state index contributed by atoms with van der Waals surface area (Å²) in [4.78, 5) is 28.3. The van der Waals surface area contributed by atoms with Crippen LogP contribution in [0.25, 0.3) is 0 Å². The number of nitrogens with one attached hydrogen (secondary N) is 1. The minimum absolute atomic E-state index is 0.331. The molecule has 4 aromatic rings. The van der Waals surface area contributed by atoms with Gasteiger partial charge in [0, 0.05) is 23.5 Å². The maximum atomic E-state index is 13.5. The topological polar surface area (TPSA) is 74.2 Å². The number of benzene rings is 4. The predicted molar refractivity (Wildman–Crippen MR) is 149 cm³/mol. The Kier molecular flexibility index (Phi) is 7.45. The Morgan fingerprint density at radius 3 is 1.95 bits per heavy atom. The molecule has 0 aromatic heterocycles. The molecule has 38 heavy (non-hydrogen) atoms. The highest BCUT2D eigenvalue weighted by atomic mass is 16.5. The van der Waals surface area contributed by atoms with Crippen molar-refractivity contribution in [3.8, 4) is 5.75 Å². The van der Waals surface area contributed by atoms with Gasteiger partial charge in [-0.25, -0.2) is 5.01 Å². The number of carbonyl (C=O) groups excluding carboxylic acids is 2. The molecule has 7 nitrogen and oxygen atoms in total. The smallest absolute Gasteiger partial charge is 0.252 e. The molecule has 190 valence electrons. The van der Waals surface area contributed by atoms with Gasteiger partial charge in [-0.05, 0) is 54.1 Å². The van der Waals surface area contributed by atoms with Gasteiger partial charge >= 0.3 is 0 Å². The Bertz CT molecular complexity index is 1370. The van der Waals surface area contributed by atoms with Gasteiger partial charge in [0.25, 0.3) is 5.91 Å². The molecule has 1 atom stereocenters. The SMILES string of the molecule is COc1ccc(NC(=O)CC(=O)N2N=C(N(c3ccccc3)c3ccccc3)CC2c2ccccc2)cc1. The monoisotopic (exact) mass is 504 g/mol. The first kappa shape index (κ1) is 24.8. The third-order valence-electron chi connectivity index (χ3n) is 6.31. The highest BCUT2D eigenvalue weighted by Gasteiger charge is 2.36. The number of hydrogen-bond donors (Lipinski definition) is 1. The van der Waals surface area contributed by atoms with E-state index in [1.165, 1.54) is 5.01 Å². The van der Waals surface area contributed by atoms with Crippen molar-refractivity contribution in [1.29, 1.82) is 0 Å². The lowest BCUT2D eigenvalue weighted by Gasteiger charge is -2.24. The summed E-state index contributed by atoms with van der Waals surface area (Å²) >= 11 is 0. The predicted octanol–water partition coefficient (Wildman–Crippen LogP) is 6.15. The summed E-state index contributed by atoms with van der Waals surface area (Å²) < 4.78 is 5.16. The number of carbonyl (C=O) groups is 2. The van der Waals surface area contributed by atoms with Crippen LogP contribution in [0.4, 0.5) is 17.1 Å². The number of rotatable bonds is 7. The van der Waals surface area contributed by atoms with Crippen molar-refractivity contribution >= 4 is 34.7 Å². The first-order chi connectivity index (χ1) is 18.6. The fraction of sp³-hybridized carbons (Fsp3) is 0.129. The van der Waals surface area contributed by atoms with Crippen molar-refractivity contribution in [2.75, 3.05) is 17.3 Å². The molecule has 0 fully saturated rings. The third kappa shape index (κ3) is 5.57. The van der Waals surface area contributed by atoms with Crippen molar-refractivity contribution < 1.29 is 14.3 Å². The van der Waals surface area contributed by atoms with Gasteiger partial charge in [-0.2, -0.15) is 5.10 Å². The average Bonchev–Trinajstić information content (AvgIpc) is 3.40. The van der Waals surface area contributed by atoms with Crippen LogP contribution in [0.2, 0.25) is 0 Å². The maximum absolute atomic E-state index is 13.5. The Morgan fingerprint density at radius 2 is 1.39 bits per heavy atom. The summed E-state index contributed by atoms with van der Waals surface area (Å²) in [6.45, 7) is 0. The molecule has 1 heterocycles. The molecule has 0 saturated heterocycles. The van der Waals surface area contributed by atoms with Crippen LogP contribution in [0.5, 0.6) is 5.75 Å². The van der Waals surface area contributed by atoms with E-state index in [1.54, 1.807) is 31.4 Å². The van der Waals surface area contributed by atoms with Crippen molar-refractivity contribution in [1.82, 2.24) is 5.01 Å². The fourth-order valence-electron chi connectivity index (χ4n) is 4.49. The number of nitrogens with zero attached hydrogens (tertiary/aromatic N) is 3. The number of anilines is 3. The molecule has 0 bridgehead atoms. The number of ether oxygens (including phenoxy) is 1. The highest BCUT2D eigenvalue weighted by Crippen LogP contribution is 2.36. The van der Waals surface area contributed by atoms with Gasteiger partial charge in [0.15, 0.2) is 0 Å². The van der Waals surface area contributed by atoms with E-state index in [0.717, 1.165) is 22.8 Å². The van der Waals surface area contributed by atoms with E-state index in [9.17, 15) is 9.59 Å². The molecule has 5 rings (SSSR count). The van der Waals surface area contributed by atoms with E-state index in [4.69, 9.17) is 9.84 Å². The number of amides is 2. The fourth-order valence-corrected chi connectivity index (χ4v) is 4.49. The minimum atomic E-state index is -0.404. The first-order valence-electron chi connectivity index (χ1n) is 12.4. The van der Waals surface area contributed by atoms with Crippen molar-refractivity contribution in [3.63, 3.8) is 0 Å². The van der Waals surface area contributed by atoms with Crippen LogP contribution in [0.15, 0.2) is 120 Å². The number of para-hydroxylation sites is 2. The maximum Gasteiger partial charge on any atom is 0.252 e. The second kappa shape index (κ2) is 11.4. The van der Waals surface area contributed by atoms with Gasteiger partial charge in [0.2, 0.25) is 5.91 Å². The lowest BCUT2D eigenvalue weighted by Crippen LogP contribution is -2.30. The second-order valence-electron chi connectivity index (χ2n) is 8.85. The number of amidine groups is 1. The van der Waals surface area contributed by atoms with E-state index in [0.29, 0.717) is 17.9 Å². The lowest BCUT2D eigenvalue weighted by atomic mass is 10.0. The van der Waals surface area contributed by atoms with Crippen LogP contribution in [0.1, 0.15) is 24.4 Å². The zero-order chi connectivity index (χ0) is 26.3. The molecule has 1 aliphatic heterocycles. The van der Waals surface area contributed by atoms with E-state index in [1.807, 2.05) is 91.0 Å². The van der Waals surface area contributed by atoms with Crippen LogP contribution in [-0.4, -0.2) is 29.8 Å². The summed E-state index contributed by atoms with van der Waals surface area (Å²) in [6.07, 6.45) is 0.169. The van der Waals surface area contributed by atoms with Crippen LogP contribution in [0, 0.1) is 0 Å². The second-order valence-corrected chi connectivity index (χ2v) is 8.85. The highest BCUT2D eigenvalue weighted by molar-refractivity contribution is 6.08. The van der Waals surface area contributed by atoms with E-state index < -0.39 is 5.91 Å². The molecule has 1 N–H and O–H groups in total. The van der Waals surface area contributed by atoms with Crippen molar-refractivity contribution in [2.24, 2.45) is 5.10 Å². The van der Waals surface area contributed by atoms with Gasteiger partial charge in [0.05, 0.1) is 13.2 Å². The van der Waals surface area contributed by atoms with E-state index in [-0.39, 0.29) is 18.4 Å². The summed E-state index contributed by atoms with van der Waals surface area (Å²) in [6, 6.07) is 36.3. The normalized spacial score (nSPS) is 14.5. The number of methoxy groups -OCH3 is 1. The van der Waals surface area contributed by atoms with Crippen LogP contribution < -0.4 is 15.0 Å². The quantitative estimate of drug-likeness (QED) is 0.307. The largest absolute Gasteiger partial charge is 0.497 e. The van der Waals surface area contributed by atoms with E-state index >= 15 is 0 Å². The molecule has 0 spiro atoms. The third-order valence-corrected chi connectivity index (χ3v) is 6.31. The first-order valence-corrected chi connectivity index (χ1v) is 12.4. The Balaban J connectivity index is 1.43. The lowest BCUT2D eigenvalue weighted by molar-refractivity contribution is -0.136. The molecule has 0 saturated carbocycles. The Morgan fingerprint density at radius 1 is 0.842 bits per heavy atom. The molecular weight excluding hydrogens is 476 g/mol. The Labute approximate surface area is 222 Å². The van der Waals surface area contributed by atoms with Crippen LogP contribution in [-0.2, 0) is 9.59 Å². The number of hydrazone groups is 1. The number of hydrogen-bond acceptors (Lipinski definition) is 5. The zero-order valence-corrected chi connectivity index (χ0v) is 21.0. The molecule has 4 aromatic carbocycles. The molecule has 0 aliphatic carbocycles. The summed E-state index contributed by atoms with van der Waals surface area (Å²) in [5, 5.41) is 9.05. The van der Waals surface area contributed by atoms with E-state index in [2.05, 4.69) is 10.2 Å². The van der Waals surface area contributed by atoms with Crippen molar-refractivity contribution in [3.05, 3.63) is 121 Å². The van der Waals surface area contributed by atoms with Gasteiger partial charge in [-0.1, -0.05) is 66.7 Å². The molecular formula is C31H28N4O3. The van der Waals surface area contributed by atoms with Gasteiger partial charge in [0.1, 0.15) is 18.0 Å².